The zero-order valence-electron chi connectivity index (χ0n) is 9.78. The Morgan fingerprint density at radius 3 is 2.74 bits per heavy atom. The van der Waals surface area contributed by atoms with Gasteiger partial charge in [0, 0.05) is 27.7 Å². The zero-order chi connectivity index (χ0) is 13.4. The highest BCUT2D eigenvalue weighted by Gasteiger charge is 2.16. The van der Waals surface area contributed by atoms with Crippen LogP contribution in [0.25, 0.3) is 10.9 Å². The Morgan fingerprint density at radius 2 is 1.95 bits per heavy atom. The van der Waals surface area contributed by atoms with E-state index in [4.69, 9.17) is 11.6 Å². The molecule has 0 unspecified atom stereocenters. The largest absolute Gasteiger partial charge is 0.360 e. The van der Waals surface area contributed by atoms with Crippen molar-refractivity contribution in [2.75, 3.05) is 0 Å². The van der Waals surface area contributed by atoms with Gasteiger partial charge in [-0.2, -0.15) is 0 Å². The second-order valence-electron chi connectivity index (χ2n) is 4.20. The fraction of sp³-hybridized carbons (Fsp3) is 0. The summed E-state index contributed by atoms with van der Waals surface area (Å²) in [6.07, 6.45) is 1.52. The summed E-state index contributed by atoms with van der Waals surface area (Å²) in [6, 6.07) is 11.3. The van der Waals surface area contributed by atoms with E-state index in [1.54, 1.807) is 36.4 Å². The number of benzene rings is 2. The molecule has 0 aliphatic carbocycles. The molecule has 0 saturated carbocycles. The minimum atomic E-state index is -0.413. The molecule has 2 aromatic carbocycles. The minimum Gasteiger partial charge on any atom is -0.360 e. The Bertz CT molecular complexity index is 779. The van der Waals surface area contributed by atoms with E-state index in [-0.39, 0.29) is 5.78 Å². The molecule has 3 aromatic rings. The molecular formula is C15H9ClFNO. The van der Waals surface area contributed by atoms with E-state index >= 15 is 0 Å². The number of hydrogen-bond acceptors (Lipinski definition) is 1. The Balaban J connectivity index is 2.17. The van der Waals surface area contributed by atoms with Gasteiger partial charge in [-0.3, -0.25) is 4.79 Å². The standard InChI is InChI=1S/C15H9ClFNO/c16-10-4-1-3-9(7-10)15(19)11-8-18-13-6-2-5-12(17)14(11)13/h1-8,18H. The predicted molar refractivity (Wildman–Crippen MR) is 73.1 cm³/mol. The maximum atomic E-state index is 13.8. The lowest BCUT2D eigenvalue weighted by Gasteiger charge is -2.01. The third-order valence-corrected chi connectivity index (χ3v) is 3.22. The van der Waals surface area contributed by atoms with Crippen molar-refractivity contribution < 1.29 is 9.18 Å². The van der Waals surface area contributed by atoms with Crippen LogP contribution in [-0.4, -0.2) is 10.8 Å². The van der Waals surface area contributed by atoms with Crippen molar-refractivity contribution in [1.82, 2.24) is 4.98 Å². The Labute approximate surface area is 113 Å². The molecule has 0 spiro atoms. The van der Waals surface area contributed by atoms with Crippen molar-refractivity contribution in [2.24, 2.45) is 0 Å². The first-order valence-corrected chi connectivity index (χ1v) is 6.10. The average Bonchev–Trinajstić information content (AvgIpc) is 2.83. The molecule has 0 aliphatic rings. The quantitative estimate of drug-likeness (QED) is 0.698. The maximum Gasteiger partial charge on any atom is 0.195 e. The second-order valence-corrected chi connectivity index (χ2v) is 4.64. The molecule has 2 nitrogen and oxygen atoms in total. The van der Waals surface area contributed by atoms with Crippen molar-refractivity contribution in [3.63, 3.8) is 0 Å². The van der Waals surface area contributed by atoms with Crippen LogP contribution in [0.1, 0.15) is 15.9 Å². The number of fused-ring (bicyclic) bond motifs is 1. The monoisotopic (exact) mass is 273 g/mol. The van der Waals surface area contributed by atoms with Gasteiger partial charge in [-0.05, 0) is 24.3 Å². The molecule has 19 heavy (non-hydrogen) atoms. The van der Waals surface area contributed by atoms with E-state index in [0.29, 0.717) is 27.1 Å². The van der Waals surface area contributed by atoms with Gasteiger partial charge in [0.15, 0.2) is 5.78 Å². The van der Waals surface area contributed by atoms with E-state index in [9.17, 15) is 9.18 Å². The molecule has 4 heteroatoms. The van der Waals surface area contributed by atoms with Crippen LogP contribution in [0.4, 0.5) is 4.39 Å². The van der Waals surface area contributed by atoms with Crippen molar-refractivity contribution in [3.8, 4) is 0 Å². The molecule has 0 radical (unpaired) electrons. The van der Waals surface area contributed by atoms with Gasteiger partial charge in [0.25, 0.3) is 0 Å². The van der Waals surface area contributed by atoms with Crippen LogP contribution in [0.5, 0.6) is 0 Å². The Kier molecular flexibility index (Phi) is 2.84. The van der Waals surface area contributed by atoms with Crippen LogP contribution in [0.15, 0.2) is 48.7 Å². The number of carbonyl (C=O) groups is 1. The number of hydrogen-bond donors (Lipinski definition) is 1. The molecule has 0 bridgehead atoms. The number of aromatic nitrogens is 1. The predicted octanol–water partition coefficient (Wildman–Crippen LogP) is 4.19. The van der Waals surface area contributed by atoms with Crippen molar-refractivity contribution in [1.29, 1.82) is 0 Å². The first-order valence-electron chi connectivity index (χ1n) is 5.72. The van der Waals surface area contributed by atoms with E-state index in [0.717, 1.165) is 0 Å². The molecule has 94 valence electrons. The number of halogens is 2. The van der Waals surface area contributed by atoms with Crippen LogP contribution in [0, 0.1) is 5.82 Å². The van der Waals surface area contributed by atoms with Gasteiger partial charge in [-0.25, -0.2) is 4.39 Å². The summed E-state index contributed by atoms with van der Waals surface area (Å²) in [6.45, 7) is 0. The van der Waals surface area contributed by atoms with E-state index < -0.39 is 5.82 Å². The molecule has 3 rings (SSSR count). The number of carbonyl (C=O) groups excluding carboxylic acids is 1. The lowest BCUT2D eigenvalue weighted by Crippen LogP contribution is -2.00. The summed E-state index contributed by atoms with van der Waals surface area (Å²) >= 11 is 5.87. The number of aromatic amines is 1. The van der Waals surface area contributed by atoms with Crippen molar-refractivity contribution in [3.05, 3.63) is 70.6 Å². The highest BCUT2D eigenvalue weighted by molar-refractivity contribution is 6.31. The Morgan fingerprint density at radius 1 is 1.16 bits per heavy atom. The van der Waals surface area contributed by atoms with Crippen molar-refractivity contribution >= 4 is 28.3 Å². The van der Waals surface area contributed by atoms with Crippen LogP contribution < -0.4 is 0 Å². The molecule has 1 N–H and O–H groups in total. The fourth-order valence-electron chi connectivity index (χ4n) is 2.10. The topological polar surface area (TPSA) is 32.9 Å². The van der Waals surface area contributed by atoms with Crippen LogP contribution in [0.2, 0.25) is 5.02 Å². The molecular weight excluding hydrogens is 265 g/mol. The molecule has 0 amide bonds. The van der Waals surface area contributed by atoms with E-state index in [1.807, 2.05) is 0 Å². The molecule has 0 fully saturated rings. The highest BCUT2D eigenvalue weighted by atomic mass is 35.5. The van der Waals surface area contributed by atoms with Gasteiger partial charge in [-0.15, -0.1) is 0 Å². The summed E-state index contributed by atoms with van der Waals surface area (Å²) in [5.41, 5.74) is 1.36. The number of ketones is 1. The summed E-state index contributed by atoms with van der Waals surface area (Å²) < 4.78 is 13.8. The van der Waals surface area contributed by atoms with Gasteiger partial charge in [0.1, 0.15) is 5.82 Å². The molecule has 1 aromatic heterocycles. The van der Waals surface area contributed by atoms with Gasteiger partial charge >= 0.3 is 0 Å². The second kappa shape index (κ2) is 4.52. The lowest BCUT2D eigenvalue weighted by atomic mass is 10.0. The third-order valence-electron chi connectivity index (χ3n) is 2.99. The normalized spacial score (nSPS) is 10.8. The third kappa shape index (κ3) is 2.02. The first-order chi connectivity index (χ1) is 9.16. The number of nitrogens with one attached hydrogen (secondary N) is 1. The van der Waals surface area contributed by atoms with Gasteiger partial charge in [-0.1, -0.05) is 29.8 Å². The highest BCUT2D eigenvalue weighted by Crippen LogP contribution is 2.24. The molecule has 0 aliphatic heterocycles. The van der Waals surface area contributed by atoms with E-state index in [2.05, 4.69) is 4.98 Å². The average molecular weight is 274 g/mol. The number of H-pyrrole nitrogens is 1. The molecule has 0 atom stereocenters. The molecule has 0 saturated heterocycles. The minimum absolute atomic E-state index is 0.251. The van der Waals surface area contributed by atoms with Gasteiger partial charge in [0.2, 0.25) is 0 Å². The smallest absolute Gasteiger partial charge is 0.195 e. The SMILES string of the molecule is O=C(c1cccc(Cl)c1)c1c[nH]c2cccc(F)c12. The van der Waals surface area contributed by atoms with Crippen molar-refractivity contribution in [2.45, 2.75) is 0 Å². The van der Waals surface area contributed by atoms with E-state index in [1.165, 1.54) is 12.3 Å². The fourth-order valence-corrected chi connectivity index (χ4v) is 2.29. The summed E-state index contributed by atoms with van der Waals surface area (Å²) in [4.78, 5) is 15.3. The Hall–Kier alpha value is -2.13. The number of rotatable bonds is 2. The van der Waals surface area contributed by atoms with Gasteiger partial charge < -0.3 is 4.98 Å². The molecule has 1 heterocycles. The zero-order valence-corrected chi connectivity index (χ0v) is 10.5. The van der Waals surface area contributed by atoms with Crippen LogP contribution in [-0.2, 0) is 0 Å². The lowest BCUT2D eigenvalue weighted by molar-refractivity contribution is 0.104. The summed E-state index contributed by atoms with van der Waals surface area (Å²) in [5.74, 6) is -0.664. The first kappa shape index (κ1) is 11.9. The summed E-state index contributed by atoms with van der Waals surface area (Å²) in [7, 11) is 0. The van der Waals surface area contributed by atoms with Crippen LogP contribution in [0.3, 0.4) is 0 Å². The van der Waals surface area contributed by atoms with Gasteiger partial charge in [0.05, 0.1) is 5.56 Å². The van der Waals surface area contributed by atoms with Crippen LogP contribution >= 0.6 is 11.6 Å². The summed E-state index contributed by atoms with van der Waals surface area (Å²) in [5, 5.41) is 0.790. The maximum absolute atomic E-state index is 13.8.